The van der Waals surface area contributed by atoms with E-state index in [9.17, 15) is 0 Å². The lowest BCUT2D eigenvalue weighted by Crippen LogP contribution is -2.12. The SMILES string of the molecule is Cc1sc(C(N)C2C3CCCCC32)cc1Br. The molecule has 1 aromatic heterocycles. The molecule has 0 saturated heterocycles. The van der Waals surface area contributed by atoms with E-state index >= 15 is 0 Å². The standard InChI is InChI=1S/C13H18BrNS/c1-7-10(14)6-11(16-7)13(15)12-8-4-2-3-5-9(8)12/h6,8-9,12-13H,2-5,15H2,1H3. The van der Waals surface area contributed by atoms with Crippen molar-refractivity contribution in [1.29, 1.82) is 0 Å². The zero-order valence-electron chi connectivity index (χ0n) is 9.58. The minimum Gasteiger partial charge on any atom is -0.323 e. The highest BCUT2D eigenvalue weighted by atomic mass is 79.9. The maximum atomic E-state index is 6.43. The summed E-state index contributed by atoms with van der Waals surface area (Å²) in [4.78, 5) is 2.73. The Kier molecular flexibility index (Phi) is 2.89. The van der Waals surface area contributed by atoms with Crippen molar-refractivity contribution in [2.24, 2.45) is 23.5 Å². The fourth-order valence-electron chi connectivity index (χ4n) is 3.42. The number of hydrogen-bond acceptors (Lipinski definition) is 2. The summed E-state index contributed by atoms with van der Waals surface area (Å²) in [5, 5.41) is 0. The molecule has 3 rings (SSSR count). The number of aryl methyl sites for hydroxylation is 1. The molecule has 88 valence electrons. The van der Waals surface area contributed by atoms with Gasteiger partial charge < -0.3 is 5.73 Å². The molecule has 0 aromatic carbocycles. The minimum absolute atomic E-state index is 0.295. The molecule has 2 saturated carbocycles. The Morgan fingerprint density at radius 1 is 1.38 bits per heavy atom. The molecule has 0 amide bonds. The Balaban J connectivity index is 1.76. The molecule has 3 heteroatoms. The van der Waals surface area contributed by atoms with Gasteiger partial charge in [-0.25, -0.2) is 0 Å². The van der Waals surface area contributed by atoms with Crippen LogP contribution in [0.1, 0.15) is 41.5 Å². The number of thiophene rings is 1. The predicted octanol–water partition coefficient (Wildman–Crippen LogP) is 4.26. The Bertz CT molecular complexity index is 369. The molecule has 2 fully saturated rings. The van der Waals surface area contributed by atoms with Gasteiger partial charge in [-0.15, -0.1) is 11.3 Å². The molecule has 3 atom stereocenters. The third-order valence-corrected chi connectivity index (χ3v) is 6.58. The fourth-order valence-corrected chi connectivity index (χ4v) is 5.04. The van der Waals surface area contributed by atoms with Crippen molar-refractivity contribution in [1.82, 2.24) is 0 Å². The van der Waals surface area contributed by atoms with E-state index in [1.807, 2.05) is 11.3 Å². The second-order valence-corrected chi connectivity index (χ2v) is 7.41. The number of halogens is 1. The van der Waals surface area contributed by atoms with Gasteiger partial charge in [-0.2, -0.15) is 0 Å². The third kappa shape index (κ3) is 1.77. The largest absolute Gasteiger partial charge is 0.323 e. The molecule has 3 unspecified atom stereocenters. The first-order valence-electron chi connectivity index (χ1n) is 6.20. The van der Waals surface area contributed by atoms with E-state index in [1.165, 1.54) is 39.9 Å². The van der Waals surface area contributed by atoms with Crippen LogP contribution in [0.15, 0.2) is 10.5 Å². The lowest BCUT2D eigenvalue weighted by atomic mass is 10.0. The van der Waals surface area contributed by atoms with Crippen LogP contribution in [0, 0.1) is 24.7 Å². The van der Waals surface area contributed by atoms with Crippen molar-refractivity contribution in [3.8, 4) is 0 Å². The van der Waals surface area contributed by atoms with Gasteiger partial charge in [-0.3, -0.25) is 0 Å². The Labute approximate surface area is 110 Å². The van der Waals surface area contributed by atoms with Gasteiger partial charge in [0.1, 0.15) is 0 Å². The molecular formula is C13H18BrNS. The van der Waals surface area contributed by atoms with Crippen molar-refractivity contribution in [2.75, 3.05) is 0 Å². The third-order valence-electron chi connectivity index (χ3n) is 4.34. The van der Waals surface area contributed by atoms with Crippen LogP contribution in [0.4, 0.5) is 0 Å². The van der Waals surface area contributed by atoms with E-state index in [1.54, 1.807) is 0 Å². The van der Waals surface area contributed by atoms with Gasteiger partial charge in [0.2, 0.25) is 0 Å². The summed E-state index contributed by atoms with van der Waals surface area (Å²) in [6.45, 7) is 2.16. The zero-order chi connectivity index (χ0) is 11.3. The molecule has 2 N–H and O–H groups in total. The summed E-state index contributed by atoms with van der Waals surface area (Å²) in [6, 6.07) is 2.53. The van der Waals surface area contributed by atoms with E-state index in [2.05, 4.69) is 28.9 Å². The van der Waals surface area contributed by atoms with Crippen LogP contribution in [0.2, 0.25) is 0 Å². The van der Waals surface area contributed by atoms with Crippen LogP contribution in [0.3, 0.4) is 0 Å². The number of fused-ring (bicyclic) bond motifs is 1. The summed E-state index contributed by atoms with van der Waals surface area (Å²) < 4.78 is 1.23. The highest BCUT2D eigenvalue weighted by molar-refractivity contribution is 9.10. The van der Waals surface area contributed by atoms with Crippen LogP contribution >= 0.6 is 27.3 Å². The molecule has 16 heavy (non-hydrogen) atoms. The van der Waals surface area contributed by atoms with Crippen LogP contribution in [-0.4, -0.2) is 0 Å². The monoisotopic (exact) mass is 299 g/mol. The second-order valence-electron chi connectivity index (χ2n) is 5.27. The van der Waals surface area contributed by atoms with Gasteiger partial charge in [-0.05, 0) is 59.5 Å². The highest BCUT2D eigenvalue weighted by Gasteiger charge is 2.53. The second kappa shape index (κ2) is 4.11. The normalized spacial score (nSPS) is 34.6. The molecule has 1 aromatic rings. The summed E-state index contributed by atoms with van der Waals surface area (Å²) in [7, 11) is 0. The average molecular weight is 300 g/mol. The van der Waals surface area contributed by atoms with Crippen molar-refractivity contribution in [2.45, 2.75) is 38.6 Å². The van der Waals surface area contributed by atoms with E-state index in [-0.39, 0.29) is 0 Å². The van der Waals surface area contributed by atoms with Crippen molar-refractivity contribution < 1.29 is 0 Å². The van der Waals surface area contributed by atoms with E-state index in [0.29, 0.717) is 6.04 Å². The van der Waals surface area contributed by atoms with Gasteiger partial charge in [0, 0.05) is 20.3 Å². The predicted molar refractivity (Wildman–Crippen MR) is 72.6 cm³/mol. The van der Waals surface area contributed by atoms with Gasteiger partial charge in [0.05, 0.1) is 0 Å². The number of rotatable bonds is 2. The van der Waals surface area contributed by atoms with E-state index in [4.69, 9.17) is 5.73 Å². The van der Waals surface area contributed by atoms with Gasteiger partial charge >= 0.3 is 0 Å². The smallest absolute Gasteiger partial charge is 0.0424 e. The molecule has 0 spiro atoms. The average Bonchev–Trinajstić information content (AvgIpc) is 2.91. The van der Waals surface area contributed by atoms with Crippen LogP contribution in [-0.2, 0) is 0 Å². The van der Waals surface area contributed by atoms with Gasteiger partial charge in [0.15, 0.2) is 0 Å². The van der Waals surface area contributed by atoms with Crippen LogP contribution in [0.5, 0.6) is 0 Å². The lowest BCUT2D eigenvalue weighted by molar-refractivity contribution is 0.480. The minimum atomic E-state index is 0.295. The number of nitrogens with two attached hydrogens (primary N) is 1. The van der Waals surface area contributed by atoms with Crippen LogP contribution < -0.4 is 5.73 Å². The van der Waals surface area contributed by atoms with Gasteiger partial charge in [-0.1, -0.05) is 12.8 Å². The Hall–Kier alpha value is 0.140. The summed E-state index contributed by atoms with van der Waals surface area (Å²) >= 11 is 5.45. The molecule has 0 aliphatic heterocycles. The molecule has 1 nitrogen and oxygen atoms in total. The van der Waals surface area contributed by atoms with Crippen LogP contribution in [0.25, 0.3) is 0 Å². The fraction of sp³-hybridized carbons (Fsp3) is 0.692. The first-order chi connectivity index (χ1) is 7.68. The van der Waals surface area contributed by atoms with Crippen molar-refractivity contribution in [3.63, 3.8) is 0 Å². The summed E-state index contributed by atoms with van der Waals surface area (Å²) in [5.41, 5.74) is 6.43. The Morgan fingerprint density at radius 3 is 2.50 bits per heavy atom. The maximum absolute atomic E-state index is 6.43. The topological polar surface area (TPSA) is 26.0 Å². The van der Waals surface area contributed by atoms with E-state index in [0.717, 1.165) is 17.8 Å². The maximum Gasteiger partial charge on any atom is 0.0424 e. The molecule has 1 heterocycles. The van der Waals surface area contributed by atoms with Crippen molar-refractivity contribution in [3.05, 3.63) is 20.3 Å². The number of hydrogen-bond donors (Lipinski definition) is 1. The molecule has 0 radical (unpaired) electrons. The quantitative estimate of drug-likeness (QED) is 0.868. The zero-order valence-corrected chi connectivity index (χ0v) is 12.0. The van der Waals surface area contributed by atoms with E-state index < -0.39 is 0 Å². The summed E-state index contributed by atoms with van der Waals surface area (Å²) in [5.74, 6) is 2.68. The lowest BCUT2D eigenvalue weighted by Gasteiger charge is -2.08. The van der Waals surface area contributed by atoms with Gasteiger partial charge in [0.25, 0.3) is 0 Å². The van der Waals surface area contributed by atoms with Crippen molar-refractivity contribution >= 4 is 27.3 Å². The summed E-state index contributed by atoms with van der Waals surface area (Å²) in [6.07, 6.45) is 5.71. The molecule has 2 aliphatic carbocycles. The molecule has 2 aliphatic rings. The molecule has 0 bridgehead atoms. The molecular weight excluding hydrogens is 282 g/mol. The first kappa shape index (κ1) is 11.2. The highest BCUT2D eigenvalue weighted by Crippen LogP contribution is 2.60. The first-order valence-corrected chi connectivity index (χ1v) is 7.81. The Morgan fingerprint density at radius 2 is 2.00 bits per heavy atom.